The minimum absolute atomic E-state index is 0.0117. The smallest absolute Gasteiger partial charge is 0.313 e. The van der Waals surface area contributed by atoms with Gasteiger partial charge < -0.3 is 4.74 Å². The van der Waals surface area contributed by atoms with E-state index in [-0.39, 0.29) is 18.2 Å². The lowest BCUT2D eigenvalue weighted by atomic mass is 10.1. The fourth-order valence-corrected chi connectivity index (χ4v) is 1.68. The van der Waals surface area contributed by atoms with Gasteiger partial charge in [0.25, 0.3) is 0 Å². The molecule has 0 N–H and O–H groups in total. The van der Waals surface area contributed by atoms with Crippen molar-refractivity contribution in [3.05, 3.63) is 12.2 Å². The molecule has 0 fully saturated rings. The van der Waals surface area contributed by atoms with Gasteiger partial charge in [0.05, 0.1) is 6.61 Å². The van der Waals surface area contributed by atoms with Gasteiger partial charge in [-0.1, -0.05) is 18.6 Å². The average molecular weight is 224 g/mol. The van der Waals surface area contributed by atoms with Crippen LogP contribution in [0.15, 0.2) is 12.2 Å². The number of hydrogen-bond donors (Lipinski definition) is 0. The summed E-state index contributed by atoms with van der Waals surface area (Å²) in [5, 5.41) is 0. The summed E-state index contributed by atoms with van der Waals surface area (Å²) in [4.78, 5) is 22.6. The standard InChI is InChI=1S/C13H20O3/c14-12-9-7-5-3-1-2-4-6-8-10-16-13(15)11-12/h2,4H,1,3,5-11H2/b4-2+. The molecular formula is C13H20O3. The maximum atomic E-state index is 11.3. The van der Waals surface area contributed by atoms with E-state index in [1.54, 1.807) is 0 Å². The van der Waals surface area contributed by atoms with E-state index < -0.39 is 0 Å². The third-order valence-electron chi connectivity index (χ3n) is 2.61. The van der Waals surface area contributed by atoms with Gasteiger partial charge in [-0.3, -0.25) is 9.59 Å². The summed E-state index contributed by atoms with van der Waals surface area (Å²) in [7, 11) is 0. The Hall–Kier alpha value is -1.12. The number of allylic oxidation sites excluding steroid dienone is 2. The fraction of sp³-hybridized carbons (Fsp3) is 0.692. The maximum absolute atomic E-state index is 11.3. The number of ether oxygens (including phenoxy) is 1. The summed E-state index contributed by atoms with van der Waals surface area (Å²) in [6.07, 6.45) is 10.7. The Bertz CT molecular complexity index is 256. The maximum Gasteiger partial charge on any atom is 0.313 e. The summed E-state index contributed by atoms with van der Waals surface area (Å²) in [5.41, 5.74) is 0. The average Bonchev–Trinajstić information content (AvgIpc) is 2.25. The van der Waals surface area contributed by atoms with Crippen LogP contribution in [0.5, 0.6) is 0 Å². The molecule has 0 aliphatic carbocycles. The highest BCUT2D eigenvalue weighted by Crippen LogP contribution is 2.07. The lowest BCUT2D eigenvalue weighted by molar-refractivity contribution is -0.146. The molecule has 1 rings (SSSR count). The number of rotatable bonds is 0. The van der Waals surface area contributed by atoms with E-state index in [4.69, 9.17) is 4.74 Å². The molecular weight excluding hydrogens is 204 g/mol. The topological polar surface area (TPSA) is 43.4 Å². The van der Waals surface area contributed by atoms with Gasteiger partial charge in [0.1, 0.15) is 12.2 Å². The van der Waals surface area contributed by atoms with Crippen molar-refractivity contribution in [1.29, 1.82) is 0 Å². The molecule has 0 aromatic rings. The normalized spacial score (nSPS) is 23.2. The van der Waals surface area contributed by atoms with E-state index >= 15 is 0 Å². The molecule has 0 radical (unpaired) electrons. The van der Waals surface area contributed by atoms with E-state index in [1.165, 1.54) is 0 Å². The van der Waals surface area contributed by atoms with Crippen LogP contribution < -0.4 is 0 Å². The summed E-state index contributed by atoms with van der Waals surface area (Å²) in [6.45, 7) is 0.427. The number of carbonyl (C=O) groups is 2. The zero-order valence-electron chi connectivity index (χ0n) is 9.74. The number of Topliss-reactive ketones (excluding diaryl/α,β-unsaturated/α-hetero) is 1. The van der Waals surface area contributed by atoms with Crippen LogP contribution in [0.2, 0.25) is 0 Å². The molecule has 0 saturated carbocycles. The lowest BCUT2D eigenvalue weighted by Gasteiger charge is -2.04. The van der Waals surface area contributed by atoms with Crippen LogP contribution >= 0.6 is 0 Å². The Morgan fingerprint density at radius 2 is 1.69 bits per heavy atom. The fourth-order valence-electron chi connectivity index (χ4n) is 1.68. The second kappa shape index (κ2) is 8.08. The third-order valence-corrected chi connectivity index (χ3v) is 2.61. The molecule has 0 bridgehead atoms. The van der Waals surface area contributed by atoms with Crippen LogP contribution in [0.3, 0.4) is 0 Å². The van der Waals surface area contributed by atoms with Gasteiger partial charge in [0, 0.05) is 6.42 Å². The quantitative estimate of drug-likeness (QED) is 0.361. The SMILES string of the molecule is O=C1CCCCC/C=C/CCCOC(=O)C1. The molecule has 0 aromatic carbocycles. The van der Waals surface area contributed by atoms with E-state index in [0.29, 0.717) is 13.0 Å². The molecule has 3 nitrogen and oxygen atoms in total. The van der Waals surface area contributed by atoms with E-state index in [9.17, 15) is 9.59 Å². The summed E-state index contributed by atoms with van der Waals surface area (Å²) in [5.74, 6) is -0.358. The zero-order chi connectivity index (χ0) is 11.6. The number of cyclic esters (lactones) is 1. The largest absolute Gasteiger partial charge is 0.465 e. The molecule has 0 aromatic heterocycles. The van der Waals surface area contributed by atoms with Crippen LogP contribution in [0.25, 0.3) is 0 Å². The molecule has 3 heteroatoms. The van der Waals surface area contributed by atoms with Crippen molar-refractivity contribution < 1.29 is 14.3 Å². The van der Waals surface area contributed by atoms with Crippen molar-refractivity contribution in [1.82, 2.24) is 0 Å². The first-order valence-electron chi connectivity index (χ1n) is 6.11. The van der Waals surface area contributed by atoms with Gasteiger partial charge >= 0.3 is 5.97 Å². The second-order valence-corrected chi connectivity index (χ2v) is 4.15. The first-order chi connectivity index (χ1) is 7.79. The van der Waals surface area contributed by atoms with Gasteiger partial charge in [0.15, 0.2) is 0 Å². The van der Waals surface area contributed by atoms with Crippen LogP contribution in [-0.2, 0) is 14.3 Å². The molecule has 1 aliphatic rings. The Balaban J connectivity index is 2.34. The highest BCUT2D eigenvalue weighted by atomic mass is 16.5. The molecule has 1 aliphatic heterocycles. The van der Waals surface area contributed by atoms with E-state index in [1.807, 2.05) is 0 Å². The van der Waals surface area contributed by atoms with Gasteiger partial charge in [-0.2, -0.15) is 0 Å². The minimum Gasteiger partial charge on any atom is -0.465 e. The molecule has 0 saturated heterocycles. The number of ketones is 1. The van der Waals surface area contributed by atoms with Crippen LogP contribution in [-0.4, -0.2) is 18.4 Å². The van der Waals surface area contributed by atoms with Crippen LogP contribution in [0, 0.1) is 0 Å². The third kappa shape index (κ3) is 6.38. The first kappa shape index (κ1) is 12.9. The van der Waals surface area contributed by atoms with Gasteiger partial charge in [-0.05, 0) is 32.1 Å². The Morgan fingerprint density at radius 3 is 2.50 bits per heavy atom. The molecule has 1 heterocycles. The highest BCUT2D eigenvalue weighted by molar-refractivity contribution is 5.95. The number of hydrogen-bond acceptors (Lipinski definition) is 3. The molecule has 90 valence electrons. The lowest BCUT2D eigenvalue weighted by Crippen LogP contribution is -2.12. The van der Waals surface area contributed by atoms with Crippen molar-refractivity contribution in [3.8, 4) is 0 Å². The van der Waals surface area contributed by atoms with Crippen LogP contribution in [0.4, 0.5) is 0 Å². The predicted molar refractivity (Wildman–Crippen MR) is 62.0 cm³/mol. The molecule has 0 spiro atoms. The summed E-state index contributed by atoms with van der Waals surface area (Å²) < 4.78 is 4.96. The molecule has 0 unspecified atom stereocenters. The van der Waals surface area contributed by atoms with Crippen molar-refractivity contribution in [2.75, 3.05) is 6.61 Å². The molecule has 0 atom stereocenters. The Kier molecular flexibility index (Phi) is 6.54. The van der Waals surface area contributed by atoms with Gasteiger partial charge in [-0.25, -0.2) is 0 Å². The monoisotopic (exact) mass is 224 g/mol. The van der Waals surface area contributed by atoms with E-state index in [2.05, 4.69) is 12.2 Å². The molecule has 16 heavy (non-hydrogen) atoms. The molecule has 0 amide bonds. The van der Waals surface area contributed by atoms with Crippen LogP contribution in [0.1, 0.15) is 51.4 Å². The van der Waals surface area contributed by atoms with Crippen molar-refractivity contribution in [2.24, 2.45) is 0 Å². The van der Waals surface area contributed by atoms with Crippen molar-refractivity contribution in [3.63, 3.8) is 0 Å². The summed E-state index contributed by atoms with van der Waals surface area (Å²) in [6, 6.07) is 0. The van der Waals surface area contributed by atoms with Crippen molar-refractivity contribution in [2.45, 2.75) is 51.4 Å². The Labute approximate surface area is 96.9 Å². The van der Waals surface area contributed by atoms with Gasteiger partial charge in [0.2, 0.25) is 0 Å². The minimum atomic E-state index is -0.369. The first-order valence-corrected chi connectivity index (χ1v) is 6.11. The Morgan fingerprint density at radius 1 is 0.938 bits per heavy atom. The second-order valence-electron chi connectivity index (χ2n) is 4.15. The van der Waals surface area contributed by atoms with Gasteiger partial charge in [-0.15, -0.1) is 0 Å². The zero-order valence-corrected chi connectivity index (χ0v) is 9.74. The van der Waals surface area contributed by atoms with Crippen molar-refractivity contribution >= 4 is 11.8 Å². The van der Waals surface area contributed by atoms with E-state index in [0.717, 1.165) is 38.5 Å². The predicted octanol–water partition coefficient (Wildman–Crippen LogP) is 2.79. The number of carbonyl (C=O) groups excluding carboxylic acids is 2. The highest BCUT2D eigenvalue weighted by Gasteiger charge is 2.10. The number of esters is 1. The summed E-state index contributed by atoms with van der Waals surface area (Å²) >= 11 is 0.